The number of esters is 1. The molecule has 19 heavy (non-hydrogen) atoms. The number of hydrogen-bond acceptors (Lipinski definition) is 5. The van der Waals surface area contributed by atoms with Crippen LogP contribution in [0.25, 0.3) is 0 Å². The van der Waals surface area contributed by atoms with Gasteiger partial charge in [0.2, 0.25) is 11.8 Å². The van der Waals surface area contributed by atoms with E-state index in [0.29, 0.717) is 4.90 Å². The van der Waals surface area contributed by atoms with Crippen molar-refractivity contribution in [1.82, 2.24) is 4.90 Å². The molecule has 1 fully saturated rings. The van der Waals surface area contributed by atoms with E-state index in [9.17, 15) is 19.2 Å². The van der Waals surface area contributed by atoms with E-state index in [1.165, 1.54) is 19.2 Å². The number of likely N-dealkylation sites (tertiary alicyclic amines) is 1. The summed E-state index contributed by atoms with van der Waals surface area (Å²) in [4.78, 5) is 47.4. The molecule has 3 amide bonds. The molecule has 1 saturated heterocycles. The molecule has 1 aliphatic heterocycles. The molecule has 0 N–H and O–H groups in total. The zero-order chi connectivity index (χ0) is 14.0. The van der Waals surface area contributed by atoms with E-state index in [1.807, 2.05) is 0 Å². The molecular formula is C13H11NO5. The van der Waals surface area contributed by atoms with Gasteiger partial charge in [-0.05, 0) is 12.1 Å². The molecule has 0 saturated carbocycles. The standard InChI is InChI=1S/C13H11NO5/c1-19-13(18)9-5-3-2-4-8(9)12(17)14-10(15)6-7-11(14)16/h2-5H,6-7H2,1H3. The molecular weight excluding hydrogens is 250 g/mol. The summed E-state index contributed by atoms with van der Waals surface area (Å²) in [6.45, 7) is 0. The third-order valence-electron chi connectivity index (χ3n) is 2.82. The third kappa shape index (κ3) is 2.24. The summed E-state index contributed by atoms with van der Waals surface area (Å²) in [5.74, 6) is -2.57. The summed E-state index contributed by atoms with van der Waals surface area (Å²) >= 11 is 0. The first-order valence-electron chi connectivity index (χ1n) is 5.63. The lowest BCUT2D eigenvalue weighted by atomic mass is 10.1. The average Bonchev–Trinajstić information content (AvgIpc) is 2.76. The first-order chi connectivity index (χ1) is 9.06. The van der Waals surface area contributed by atoms with E-state index in [0.717, 1.165) is 0 Å². The monoisotopic (exact) mass is 261 g/mol. The lowest BCUT2D eigenvalue weighted by Crippen LogP contribution is -2.36. The smallest absolute Gasteiger partial charge is 0.338 e. The molecule has 1 heterocycles. The van der Waals surface area contributed by atoms with E-state index < -0.39 is 23.7 Å². The second-order valence-corrected chi connectivity index (χ2v) is 3.97. The summed E-state index contributed by atoms with van der Waals surface area (Å²) in [6, 6.07) is 5.90. The van der Waals surface area contributed by atoms with Crippen molar-refractivity contribution in [3.63, 3.8) is 0 Å². The van der Waals surface area contributed by atoms with Crippen LogP contribution in [-0.2, 0) is 14.3 Å². The van der Waals surface area contributed by atoms with Crippen molar-refractivity contribution in [2.24, 2.45) is 0 Å². The Kier molecular flexibility index (Phi) is 3.41. The van der Waals surface area contributed by atoms with Gasteiger partial charge in [0.15, 0.2) is 0 Å². The SMILES string of the molecule is COC(=O)c1ccccc1C(=O)N1C(=O)CCC1=O. The predicted molar refractivity (Wildman–Crippen MR) is 63.2 cm³/mol. The molecule has 98 valence electrons. The minimum atomic E-state index is -0.784. The Bertz CT molecular complexity index is 562. The highest BCUT2D eigenvalue weighted by Gasteiger charge is 2.36. The van der Waals surface area contributed by atoms with Crippen molar-refractivity contribution >= 4 is 23.7 Å². The van der Waals surface area contributed by atoms with Crippen LogP contribution in [-0.4, -0.2) is 35.7 Å². The number of nitrogens with zero attached hydrogens (tertiary/aromatic N) is 1. The highest BCUT2D eigenvalue weighted by Crippen LogP contribution is 2.18. The quantitative estimate of drug-likeness (QED) is 0.580. The number of ether oxygens (including phenoxy) is 1. The van der Waals surface area contributed by atoms with Gasteiger partial charge in [0.05, 0.1) is 18.2 Å². The fourth-order valence-electron chi connectivity index (χ4n) is 1.88. The normalized spacial score (nSPS) is 14.7. The van der Waals surface area contributed by atoms with Gasteiger partial charge in [-0.3, -0.25) is 14.4 Å². The van der Waals surface area contributed by atoms with E-state index >= 15 is 0 Å². The minimum Gasteiger partial charge on any atom is -0.465 e. The molecule has 6 nitrogen and oxygen atoms in total. The van der Waals surface area contributed by atoms with Crippen molar-refractivity contribution in [2.45, 2.75) is 12.8 Å². The first kappa shape index (κ1) is 12.9. The van der Waals surface area contributed by atoms with Gasteiger partial charge >= 0.3 is 5.97 Å². The maximum Gasteiger partial charge on any atom is 0.338 e. The number of rotatable bonds is 2. The van der Waals surface area contributed by atoms with Crippen molar-refractivity contribution in [2.75, 3.05) is 7.11 Å². The van der Waals surface area contributed by atoms with Gasteiger partial charge in [-0.15, -0.1) is 0 Å². The van der Waals surface area contributed by atoms with E-state index in [2.05, 4.69) is 4.74 Å². The Morgan fingerprint density at radius 1 is 1.05 bits per heavy atom. The van der Waals surface area contributed by atoms with Crippen molar-refractivity contribution in [3.8, 4) is 0 Å². The second kappa shape index (κ2) is 5.01. The summed E-state index contributed by atoms with van der Waals surface area (Å²) in [7, 11) is 1.19. The van der Waals surface area contributed by atoms with Crippen molar-refractivity contribution in [1.29, 1.82) is 0 Å². The van der Waals surface area contributed by atoms with Crippen LogP contribution in [0.2, 0.25) is 0 Å². The van der Waals surface area contributed by atoms with Crippen LogP contribution in [0.5, 0.6) is 0 Å². The van der Waals surface area contributed by atoms with Gasteiger partial charge in [0.25, 0.3) is 5.91 Å². The molecule has 0 unspecified atom stereocenters. The van der Waals surface area contributed by atoms with E-state index in [4.69, 9.17) is 0 Å². The lowest BCUT2D eigenvalue weighted by Gasteiger charge is -2.13. The topological polar surface area (TPSA) is 80.8 Å². The maximum atomic E-state index is 12.2. The molecule has 0 aliphatic carbocycles. The molecule has 0 aromatic heterocycles. The van der Waals surface area contributed by atoms with Crippen LogP contribution in [0.1, 0.15) is 33.6 Å². The van der Waals surface area contributed by atoms with Crippen LogP contribution in [0, 0.1) is 0 Å². The van der Waals surface area contributed by atoms with Crippen LogP contribution < -0.4 is 0 Å². The van der Waals surface area contributed by atoms with Gasteiger partial charge in [-0.2, -0.15) is 0 Å². The minimum absolute atomic E-state index is 0.0158. The van der Waals surface area contributed by atoms with Gasteiger partial charge < -0.3 is 4.74 Å². The highest BCUT2D eigenvalue weighted by molar-refractivity contribution is 6.21. The Morgan fingerprint density at radius 2 is 1.58 bits per heavy atom. The number of hydrogen-bond donors (Lipinski definition) is 0. The fourth-order valence-corrected chi connectivity index (χ4v) is 1.88. The predicted octanol–water partition coefficient (Wildman–Crippen LogP) is 0.762. The molecule has 1 aromatic carbocycles. The van der Waals surface area contributed by atoms with E-state index in [-0.39, 0.29) is 24.0 Å². The summed E-state index contributed by atoms with van der Waals surface area (Å²) in [6.07, 6.45) is 0.0376. The van der Waals surface area contributed by atoms with Crippen LogP contribution in [0.15, 0.2) is 24.3 Å². The fraction of sp³-hybridized carbons (Fsp3) is 0.231. The summed E-state index contributed by atoms with van der Waals surface area (Å²) in [5.41, 5.74) is 0.0143. The molecule has 0 atom stereocenters. The number of benzene rings is 1. The molecule has 2 rings (SSSR count). The molecule has 1 aromatic rings. The maximum absolute atomic E-state index is 12.2. The largest absolute Gasteiger partial charge is 0.465 e. The zero-order valence-corrected chi connectivity index (χ0v) is 10.2. The number of carbonyl (C=O) groups is 4. The lowest BCUT2D eigenvalue weighted by molar-refractivity contribution is -0.135. The zero-order valence-electron chi connectivity index (χ0n) is 10.2. The Hall–Kier alpha value is -2.50. The highest BCUT2D eigenvalue weighted by atomic mass is 16.5. The van der Waals surface area contributed by atoms with Gasteiger partial charge in [-0.25, -0.2) is 9.69 Å². The van der Waals surface area contributed by atoms with Crippen molar-refractivity contribution < 1.29 is 23.9 Å². The Labute approximate surface area is 108 Å². The molecule has 0 spiro atoms. The number of imide groups is 3. The third-order valence-corrected chi connectivity index (χ3v) is 2.82. The van der Waals surface area contributed by atoms with E-state index in [1.54, 1.807) is 12.1 Å². The van der Waals surface area contributed by atoms with Crippen LogP contribution in [0.4, 0.5) is 0 Å². The second-order valence-electron chi connectivity index (χ2n) is 3.97. The van der Waals surface area contributed by atoms with Gasteiger partial charge in [-0.1, -0.05) is 12.1 Å². The average molecular weight is 261 g/mol. The summed E-state index contributed by atoms with van der Waals surface area (Å²) < 4.78 is 4.56. The Morgan fingerprint density at radius 3 is 2.11 bits per heavy atom. The number of amides is 3. The molecule has 6 heteroatoms. The number of methoxy groups -OCH3 is 1. The van der Waals surface area contributed by atoms with Crippen LogP contribution in [0.3, 0.4) is 0 Å². The summed E-state index contributed by atoms with van der Waals surface area (Å²) in [5, 5.41) is 0. The molecule has 0 radical (unpaired) electrons. The Balaban J connectivity index is 2.42. The number of carbonyl (C=O) groups excluding carboxylic acids is 4. The van der Waals surface area contributed by atoms with Crippen LogP contribution >= 0.6 is 0 Å². The van der Waals surface area contributed by atoms with Gasteiger partial charge in [0.1, 0.15) is 0 Å². The molecule has 1 aliphatic rings. The van der Waals surface area contributed by atoms with Crippen molar-refractivity contribution in [3.05, 3.63) is 35.4 Å². The molecule has 0 bridgehead atoms. The first-order valence-corrected chi connectivity index (χ1v) is 5.63. The van der Waals surface area contributed by atoms with Gasteiger partial charge in [0, 0.05) is 12.8 Å².